The Kier molecular flexibility index (Phi) is 7.60. The van der Waals surface area contributed by atoms with Gasteiger partial charge in [0.05, 0.1) is 30.5 Å². The molecule has 4 fully saturated rings. The van der Waals surface area contributed by atoms with E-state index in [1.54, 1.807) is 11.0 Å². The third kappa shape index (κ3) is 6.08. The number of nitrogens with one attached hydrogen (secondary N) is 1. The molecule has 4 aliphatic rings. The Bertz CT molecular complexity index is 1380. The number of ether oxygens (including phenoxy) is 2. The normalized spacial score (nSPS) is 21.7. The molecular formula is C32H39ClN4O5. The molecule has 1 aliphatic carbocycles. The lowest BCUT2D eigenvalue weighted by atomic mass is 9.85. The van der Waals surface area contributed by atoms with Crippen LogP contribution in [-0.2, 0) is 14.3 Å². The van der Waals surface area contributed by atoms with Gasteiger partial charge in [-0.2, -0.15) is 0 Å². The number of piperazine rings is 1. The van der Waals surface area contributed by atoms with Crippen LogP contribution < -0.4 is 10.2 Å². The van der Waals surface area contributed by atoms with E-state index in [1.165, 1.54) is 0 Å². The van der Waals surface area contributed by atoms with E-state index < -0.39 is 17.7 Å². The molecule has 1 spiro atoms. The van der Waals surface area contributed by atoms with Crippen LogP contribution in [0.2, 0.25) is 5.02 Å². The Balaban J connectivity index is 1.31. The van der Waals surface area contributed by atoms with Gasteiger partial charge in [0.1, 0.15) is 5.60 Å². The topological polar surface area (TPSA) is 91.4 Å². The van der Waals surface area contributed by atoms with Crippen molar-refractivity contribution in [2.75, 3.05) is 56.2 Å². The molecule has 3 aliphatic heterocycles. The van der Waals surface area contributed by atoms with Gasteiger partial charge in [-0.15, -0.1) is 0 Å². The molecular weight excluding hydrogens is 556 g/mol. The van der Waals surface area contributed by atoms with Gasteiger partial charge in [0.15, 0.2) is 0 Å². The van der Waals surface area contributed by atoms with Crippen LogP contribution >= 0.6 is 11.6 Å². The highest BCUT2D eigenvalue weighted by Gasteiger charge is 2.45. The van der Waals surface area contributed by atoms with Gasteiger partial charge >= 0.3 is 6.09 Å². The second-order valence-corrected chi connectivity index (χ2v) is 13.6. The van der Waals surface area contributed by atoms with Gasteiger partial charge in [-0.3, -0.25) is 9.59 Å². The first-order valence-corrected chi connectivity index (χ1v) is 15.2. The van der Waals surface area contributed by atoms with Crippen molar-refractivity contribution in [2.45, 2.75) is 51.7 Å². The number of amides is 3. The maximum Gasteiger partial charge on any atom is 0.410 e. The summed E-state index contributed by atoms with van der Waals surface area (Å²) in [6.07, 6.45) is 2.44. The molecule has 6 rings (SSSR count). The highest BCUT2D eigenvalue weighted by molar-refractivity contribution is 6.30. The maximum absolute atomic E-state index is 14.5. The fourth-order valence-electron chi connectivity index (χ4n) is 6.08. The molecule has 1 saturated carbocycles. The van der Waals surface area contributed by atoms with Crippen LogP contribution in [0.1, 0.15) is 62.0 Å². The summed E-state index contributed by atoms with van der Waals surface area (Å²) in [6.45, 7) is 9.59. The van der Waals surface area contributed by atoms with Crippen molar-refractivity contribution in [3.8, 4) is 0 Å². The molecule has 2 aromatic rings. The Morgan fingerprint density at radius 1 is 1.05 bits per heavy atom. The first-order valence-electron chi connectivity index (χ1n) is 14.8. The number of carbonyl (C=O) groups is 3. The van der Waals surface area contributed by atoms with Crippen molar-refractivity contribution in [1.82, 2.24) is 9.80 Å². The van der Waals surface area contributed by atoms with Crippen molar-refractivity contribution in [2.24, 2.45) is 11.3 Å². The predicted molar refractivity (Wildman–Crippen MR) is 161 cm³/mol. The number of carbonyl (C=O) groups excluding carboxylic acids is 3. The summed E-state index contributed by atoms with van der Waals surface area (Å²) in [5.74, 6) is -0.00838. The summed E-state index contributed by atoms with van der Waals surface area (Å²) in [5.41, 5.74) is 2.44. The van der Waals surface area contributed by atoms with E-state index in [9.17, 15) is 14.4 Å². The van der Waals surface area contributed by atoms with Gasteiger partial charge in [0.25, 0.3) is 5.91 Å². The number of hydrogen-bond donors (Lipinski definition) is 1. The SMILES string of the molecule is CC(C)(C)OC(=O)N1CCN(C(=O)c2ccc(NC(=O)C3CC3)cc2N2CCC3(COC3)C2)C(c2cccc(Cl)c2)C1. The van der Waals surface area contributed by atoms with Crippen molar-refractivity contribution >= 4 is 40.9 Å². The summed E-state index contributed by atoms with van der Waals surface area (Å²) in [7, 11) is 0. The quantitative estimate of drug-likeness (QED) is 0.502. The van der Waals surface area contributed by atoms with E-state index in [-0.39, 0.29) is 29.7 Å². The number of nitrogens with zero attached hydrogens (tertiary/aromatic N) is 3. The van der Waals surface area contributed by atoms with Crippen LogP contribution in [0.15, 0.2) is 42.5 Å². The van der Waals surface area contributed by atoms with Gasteiger partial charge < -0.3 is 29.5 Å². The molecule has 3 heterocycles. The monoisotopic (exact) mass is 594 g/mol. The number of hydrogen-bond acceptors (Lipinski definition) is 6. The summed E-state index contributed by atoms with van der Waals surface area (Å²) < 4.78 is 11.2. The minimum absolute atomic E-state index is 0.0320. The molecule has 224 valence electrons. The average Bonchev–Trinajstić information content (AvgIpc) is 3.68. The number of rotatable bonds is 5. The van der Waals surface area contributed by atoms with E-state index in [4.69, 9.17) is 21.1 Å². The summed E-state index contributed by atoms with van der Waals surface area (Å²) >= 11 is 6.38. The molecule has 42 heavy (non-hydrogen) atoms. The van der Waals surface area contributed by atoms with Crippen molar-refractivity contribution in [1.29, 1.82) is 0 Å². The Morgan fingerprint density at radius 2 is 1.83 bits per heavy atom. The van der Waals surface area contributed by atoms with Crippen LogP contribution in [0.5, 0.6) is 0 Å². The fraction of sp³-hybridized carbons (Fsp3) is 0.531. The minimum Gasteiger partial charge on any atom is -0.444 e. The third-order valence-corrected chi connectivity index (χ3v) is 8.80. The van der Waals surface area contributed by atoms with Gasteiger partial charge in [-0.25, -0.2) is 4.79 Å². The molecule has 3 saturated heterocycles. The molecule has 3 amide bonds. The Hall–Kier alpha value is -3.30. The highest BCUT2D eigenvalue weighted by Crippen LogP contribution is 2.42. The second-order valence-electron chi connectivity index (χ2n) is 13.2. The summed E-state index contributed by atoms with van der Waals surface area (Å²) in [5, 5.41) is 3.62. The van der Waals surface area contributed by atoms with Gasteiger partial charge in [-0.1, -0.05) is 23.7 Å². The second kappa shape index (κ2) is 11.1. The van der Waals surface area contributed by atoms with Crippen molar-refractivity contribution < 1.29 is 23.9 Å². The highest BCUT2D eigenvalue weighted by atomic mass is 35.5. The summed E-state index contributed by atoms with van der Waals surface area (Å²) in [4.78, 5) is 45.8. The van der Waals surface area contributed by atoms with Gasteiger partial charge in [-0.05, 0) is 75.9 Å². The molecule has 10 heteroatoms. The lowest BCUT2D eigenvalue weighted by molar-refractivity contribution is -0.117. The van der Waals surface area contributed by atoms with Crippen LogP contribution in [0.25, 0.3) is 0 Å². The zero-order valence-corrected chi connectivity index (χ0v) is 25.3. The van der Waals surface area contributed by atoms with E-state index in [0.717, 1.165) is 56.8 Å². The van der Waals surface area contributed by atoms with Gasteiger partial charge in [0.2, 0.25) is 5.91 Å². The summed E-state index contributed by atoms with van der Waals surface area (Å²) in [6, 6.07) is 12.6. The maximum atomic E-state index is 14.5. The third-order valence-electron chi connectivity index (χ3n) is 8.57. The molecule has 0 bridgehead atoms. The number of benzene rings is 2. The van der Waals surface area contributed by atoms with Crippen molar-refractivity contribution in [3.63, 3.8) is 0 Å². The lowest BCUT2D eigenvalue weighted by Gasteiger charge is -2.42. The zero-order chi connectivity index (χ0) is 29.6. The smallest absolute Gasteiger partial charge is 0.410 e. The standard InChI is InChI=1S/C32H39ClN4O5/c1-31(2,3)42-30(40)35-13-14-37(27(17-35)22-5-4-6-23(33)15-22)29(39)25-10-9-24(34-28(38)21-7-8-21)16-26(25)36-12-11-32(18-36)19-41-20-32/h4-6,9-10,15-16,21,27H,7-8,11-14,17-20H2,1-3H3,(H,34,38). The first-order chi connectivity index (χ1) is 20.0. The zero-order valence-electron chi connectivity index (χ0n) is 24.5. The predicted octanol–water partition coefficient (Wildman–Crippen LogP) is 5.35. The van der Waals surface area contributed by atoms with E-state index in [2.05, 4.69) is 10.2 Å². The van der Waals surface area contributed by atoms with Crippen LogP contribution in [0, 0.1) is 11.3 Å². The number of anilines is 2. The molecule has 0 radical (unpaired) electrons. The fourth-order valence-corrected chi connectivity index (χ4v) is 6.28. The minimum atomic E-state index is -0.625. The Labute approximate surface area is 252 Å². The number of halogens is 1. The van der Waals surface area contributed by atoms with E-state index >= 15 is 0 Å². The van der Waals surface area contributed by atoms with E-state index in [0.29, 0.717) is 29.4 Å². The average molecular weight is 595 g/mol. The molecule has 1 unspecified atom stereocenters. The van der Waals surface area contributed by atoms with Crippen LogP contribution in [-0.4, -0.2) is 79.2 Å². The lowest BCUT2D eigenvalue weighted by Crippen LogP contribution is -2.53. The molecule has 0 aromatic heterocycles. The Morgan fingerprint density at radius 3 is 2.48 bits per heavy atom. The first kappa shape index (κ1) is 28.8. The van der Waals surface area contributed by atoms with E-state index in [1.807, 2.05) is 62.1 Å². The molecule has 9 nitrogen and oxygen atoms in total. The molecule has 1 N–H and O–H groups in total. The van der Waals surface area contributed by atoms with Gasteiger partial charge in [0, 0.05) is 54.8 Å². The molecule has 1 atom stereocenters. The van der Waals surface area contributed by atoms with Crippen LogP contribution in [0.4, 0.5) is 16.2 Å². The molecule has 2 aromatic carbocycles. The largest absolute Gasteiger partial charge is 0.444 e. The van der Waals surface area contributed by atoms with Crippen molar-refractivity contribution in [3.05, 3.63) is 58.6 Å². The van der Waals surface area contributed by atoms with Crippen LogP contribution in [0.3, 0.4) is 0 Å².